The maximum Gasteiger partial charge on any atom is 0.343 e. The zero-order valence-corrected chi connectivity index (χ0v) is 13.6. The Balaban J connectivity index is 1.87. The third-order valence-electron chi connectivity index (χ3n) is 3.63. The van der Waals surface area contributed by atoms with Crippen molar-refractivity contribution in [1.82, 2.24) is 19.7 Å². The maximum absolute atomic E-state index is 12.4. The number of ether oxygens (including phenoxy) is 2. The molecule has 3 aromatic heterocycles. The fraction of sp³-hybridized carbons (Fsp3) is 0.188. The Kier molecular flexibility index (Phi) is 4.29. The van der Waals surface area contributed by atoms with Crippen LogP contribution >= 0.6 is 0 Å². The molecule has 0 saturated heterocycles. The molecule has 0 aromatic carbocycles. The van der Waals surface area contributed by atoms with Crippen LogP contribution in [0.3, 0.4) is 0 Å². The first kappa shape index (κ1) is 16.4. The topological polar surface area (TPSA) is 122 Å². The van der Waals surface area contributed by atoms with Gasteiger partial charge in [0.05, 0.1) is 30.0 Å². The van der Waals surface area contributed by atoms with Crippen molar-refractivity contribution in [2.75, 3.05) is 7.11 Å². The highest BCUT2D eigenvalue weighted by molar-refractivity contribution is 5.99. The van der Waals surface area contributed by atoms with Gasteiger partial charge in [0.2, 0.25) is 0 Å². The van der Waals surface area contributed by atoms with Gasteiger partial charge < -0.3 is 15.2 Å². The summed E-state index contributed by atoms with van der Waals surface area (Å²) in [5.41, 5.74) is 6.49. The summed E-state index contributed by atoms with van der Waals surface area (Å²) in [4.78, 5) is 32.0. The van der Waals surface area contributed by atoms with E-state index in [1.54, 1.807) is 24.0 Å². The first-order chi connectivity index (χ1) is 12.0. The molecule has 1 amide bonds. The van der Waals surface area contributed by atoms with Crippen LogP contribution in [0, 0.1) is 0 Å². The lowest BCUT2D eigenvalue weighted by molar-refractivity contribution is 0.0461. The van der Waals surface area contributed by atoms with E-state index >= 15 is 0 Å². The van der Waals surface area contributed by atoms with E-state index in [2.05, 4.69) is 15.1 Å². The molecule has 2 N–H and O–H groups in total. The number of pyridine rings is 2. The second kappa shape index (κ2) is 6.56. The average Bonchev–Trinajstić information content (AvgIpc) is 3.00. The van der Waals surface area contributed by atoms with Crippen molar-refractivity contribution >= 4 is 22.9 Å². The molecule has 0 unspecified atom stereocenters. The number of primary amides is 1. The van der Waals surface area contributed by atoms with E-state index in [1.807, 2.05) is 0 Å². The summed E-state index contributed by atoms with van der Waals surface area (Å²) >= 11 is 0. The number of carbonyl (C=O) groups is 2. The first-order valence-corrected chi connectivity index (χ1v) is 7.28. The lowest BCUT2D eigenvalue weighted by atomic mass is 10.2. The minimum atomic E-state index is -0.656. The summed E-state index contributed by atoms with van der Waals surface area (Å²) < 4.78 is 12.1. The van der Waals surface area contributed by atoms with Gasteiger partial charge in [0.25, 0.3) is 5.91 Å². The van der Waals surface area contributed by atoms with Gasteiger partial charge in [-0.15, -0.1) is 0 Å². The van der Waals surface area contributed by atoms with Crippen molar-refractivity contribution in [3.05, 3.63) is 47.5 Å². The number of fused-ring (bicyclic) bond motifs is 1. The van der Waals surface area contributed by atoms with E-state index in [0.29, 0.717) is 16.8 Å². The molecule has 0 aliphatic heterocycles. The number of hydrogen-bond acceptors (Lipinski definition) is 7. The number of hydrogen-bond donors (Lipinski definition) is 1. The normalized spacial score (nSPS) is 10.6. The van der Waals surface area contributed by atoms with Gasteiger partial charge in [-0.3, -0.25) is 14.5 Å². The zero-order valence-electron chi connectivity index (χ0n) is 13.6. The standard InChI is InChI=1S/C16H15N5O4/c1-21-15-10(7-20-21)13(24-2)11(6-19-15)16(23)25-8-12-9(14(17)22)4-3-5-18-12/h3-7H,8H2,1-2H3,(H2,17,22). The summed E-state index contributed by atoms with van der Waals surface area (Å²) in [6.07, 6.45) is 4.40. The summed E-state index contributed by atoms with van der Waals surface area (Å²) in [5.74, 6) is -0.981. The van der Waals surface area contributed by atoms with Gasteiger partial charge in [0.1, 0.15) is 17.9 Å². The zero-order chi connectivity index (χ0) is 18.0. The SMILES string of the molecule is COc1c(C(=O)OCc2ncccc2C(N)=O)cnc2c1cnn2C. The highest BCUT2D eigenvalue weighted by atomic mass is 16.5. The number of nitrogens with zero attached hydrogens (tertiary/aromatic N) is 4. The summed E-state index contributed by atoms with van der Waals surface area (Å²) in [5, 5.41) is 4.68. The number of aromatic nitrogens is 4. The van der Waals surface area contributed by atoms with Crippen molar-refractivity contribution < 1.29 is 19.1 Å². The molecule has 3 heterocycles. The first-order valence-electron chi connectivity index (χ1n) is 7.28. The lowest BCUT2D eigenvalue weighted by Gasteiger charge is -2.10. The van der Waals surface area contributed by atoms with E-state index in [0.717, 1.165) is 0 Å². The predicted octanol–water partition coefficient (Wildman–Crippen LogP) is 0.828. The van der Waals surface area contributed by atoms with Crippen LogP contribution in [-0.4, -0.2) is 38.7 Å². The Bertz CT molecular complexity index is 966. The highest BCUT2D eigenvalue weighted by Crippen LogP contribution is 2.28. The van der Waals surface area contributed by atoms with Gasteiger partial charge in [-0.05, 0) is 12.1 Å². The van der Waals surface area contributed by atoms with E-state index in [-0.39, 0.29) is 23.4 Å². The van der Waals surface area contributed by atoms with Crippen LogP contribution in [0.1, 0.15) is 26.4 Å². The molecule has 3 aromatic rings. The molecule has 25 heavy (non-hydrogen) atoms. The number of esters is 1. The van der Waals surface area contributed by atoms with Gasteiger partial charge in [0.15, 0.2) is 5.65 Å². The third kappa shape index (κ3) is 2.99. The van der Waals surface area contributed by atoms with Gasteiger partial charge in [-0.25, -0.2) is 9.78 Å². The van der Waals surface area contributed by atoms with Crippen LogP contribution in [0.5, 0.6) is 5.75 Å². The Morgan fingerprint density at radius 2 is 2.04 bits per heavy atom. The Morgan fingerprint density at radius 3 is 2.76 bits per heavy atom. The number of methoxy groups -OCH3 is 1. The molecule has 9 heteroatoms. The largest absolute Gasteiger partial charge is 0.495 e. The molecule has 3 rings (SSSR count). The number of amides is 1. The fourth-order valence-corrected chi connectivity index (χ4v) is 2.43. The number of nitrogens with two attached hydrogens (primary N) is 1. The lowest BCUT2D eigenvalue weighted by Crippen LogP contribution is -2.16. The molecule has 0 aliphatic rings. The van der Waals surface area contributed by atoms with E-state index in [4.69, 9.17) is 15.2 Å². The minimum absolute atomic E-state index is 0.152. The van der Waals surface area contributed by atoms with Gasteiger partial charge in [-0.1, -0.05) is 0 Å². The molecule has 0 bridgehead atoms. The highest BCUT2D eigenvalue weighted by Gasteiger charge is 2.20. The van der Waals surface area contributed by atoms with E-state index < -0.39 is 11.9 Å². The van der Waals surface area contributed by atoms with Crippen molar-refractivity contribution in [3.8, 4) is 5.75 Å². The Labute approximate surface area is 142 Å². The van der Waals surface area contributed by atoms with Crippen LogP contribution in [0.25, 0.3) is 11.0 Å². The smallest absolute Gasteiger partial charge is 0.343 e. The predicted molar refractivity (Wildman–Crippen MR) is 86.9 cm³/mol. The number of carbonyl (C=O) groups excluding carboxylic acids is 2. The average molecular weight is 341 g/mol. The summed E-state index contributed by atoms with van der Waals surface area (Å²) in [6, 6.07) is 3.09. The van der Waals surface area contributed by atoms with Crippen LogP contribution in [-0.2, 0) is 18.4 Å². The molecule has 0 aliphatic carbocycles. The van der Waals surface area contributed by atoms with Crippen molar-refractivity contribution in [2.24, 2.45) is 12.8 Å². The quantitative estimate of drug-likeness (QED) is 0.682. The van der Waals surface area contributed by atoms with Crippen LogP contribution in [0.2, 0.25) is 0 Å². The number of rotatable bonds is 5. The fourth-order valence-electron chi connectivity index (χ4n) is 2.43. The molecule has 128 valence electrons. The second-order valence-corrected chi connectivity index (χ2v) is 5.15. The molecular weight excluding hydrogens is 326 g/mol. The Morgan fingerprint density at radius 1 is 1.24 bits per heavy atom. The second-order valence-electron chi connectivity index (χ2n) is 5.15. The van der Waals surface area contributed by atoms with Gasteiger partial charge in [0, 0.05) is 19.4 Å². The molecule has 0 fully saturated rings. The number of aryl methyl sites for hydroxylation is 1. The Hall–Kier alpha value is -3.49. The van der Waals surface area contributed by atoms with Crippen LogP contribution < -0.4 is 10.5 Å². The molecular formula is C16H15N5O4. The van der Waals surface area contributed by atoms with Gasteiger partial charge in [-0.2, -0.15) is 5.10 Å². The van der Waals surface area contributed by atoms with Crippen molar-refractivity contribution in [3.63, 3.8) is 0 Å². The van der Waals surface area contributed by atoms with Crippen LogP contribution in [0.4, 0.5) is 0 Å². The maximum atomic E-state index is 12.4. The van der Waals surface area contributed by atoms with E-state index in [1.165, 1.54) is 25.6 Å². The third-order valence-corrected chi connectivity index (χ3v) is 3.63. The van der Waals surface area contributed by atoms with Crippen LogP contribution in [0.15, 0.2) is 30.7 Å². The molecule has 0 radical (unpaired) electrons. The van der Waals surface area contributed by atoms with E-state index in [9.17, 15) is 9.59 Å². The monoisotopic (exact) mass is 341 g/mol. The summed E-state index contributed by atoms with van der Waals surface area (Å²) in [6.45, 7) is -0.202. The molecule has 0 atom stereocenters. The molecule has 0 spiro atoms. The van der Waals surface area contributed by atoms with Crippen molar-refractivity contribution in [1.29, 1.82) is 0 Å². The summed E-state index contributed by atoms with van der Waals surface area (Å²) in [7, 11) is 3.18. The van der Waals surface area contributed by atoms with Gasteiger partial charge >= 0.3 is 5.97 Å². The molecule has 9 nitrogen and oxygen atoms in total. The van der Waals surface area contributed by atoms with Crippen molar-refractivity contribution in [2.45, 2.75) is 6.61 Å². The minimum Gasteiger partial charge on any atom is -0.495 e. The molecule has 0 saturated carbocycles.